The van der Waals surface area contributed by atoms with E-state index in [2.05, 4.69) is 5.32 Å². The van der Waals surface area contributed by atoms with Gasteiger partial charge in [-0.15, -0.1) is 0 Å². The average molecular weight is 398 g/mol. The van der Waals surface area contributed by atoms with Crippen molar-refractivity contribution < 1.29 is 14.3 Å². The lowest BCUT2D eigenvalue weighted by Crippen LogP contribution is -2.28. The van der Waals surface area contributed by atoms with Gasteiger partial charge in [0, 0.05) is 23.6 Å². The van der Waals surface area contributed by atoms with E-state index in [0.717, 1.165) is 33.5 Å². The number of ether oxygens (including phenoxy) is 2. The summed E-state index contributed by atoms with van der Waals surface area (Å²) >= 11 is 0. The quantitative estimate of drug-likeness (QED) is 0.494. The van der Waals surface area contributed by atoms with Crippen LogP contribution in [0.4, 0.5) is 0 Å². The highest BCUT2D eigenvalue weighted by atomic mass is 16.5. The van der Waals surface area contributed by atoms with Crippen LogP contribution >= 0.6 is 0 Å². The zero-order valence-electron chi connectivity index (χ0n) is 16.7. The highest BCUT2D eigenvalue weighted by Gasteiger charge is 2.10. The van der Waals surface area contributed by atoms with Gasteiger partial charge >= 0.3 is 0 Å². The number of carbonyl (C=O) groups is 1. The number of para-hydroxylation sites is 1. The maximum Gasteiger partial charge on any atom is 0.258 e. The van der Waals surface area contributed by atoms with Crippen LogP contribution in [0.2, 0.25) is 0 Å². The fraction of sp³-hybridized carbons (Fsp3) is 0.120. The Morgan fingerprint density at radius 1 is 0.933 bits per heavy atom. The van der Waals surface area contributed by atoms with Crippen LogP contribution in [-0.2, 0) is 11.3 Å². The Morgan fingerprint density at radius 2 is 1.67 bits per heavy atom. The fourth-order valence-corrected chi connectivity index (χ4v) is 3.16. The summed E-state index contributed by atoms with van der Waals surface area (Å²) < 4.78 is 11.0. The zero-order chi connectivity index (χ0) is 20.8. The van der Waals surface area contributed by atoms with E-state index in [1.165, 1.54) is 0 Å². The predicted octanol–water partition coefficient (Wildman–Crippen LogP) is 4.61. The molecule has 5 heteroatoms. The molecule has 0 aliphatic rings. The number of nitrogens with one attached hydrogen (secondary N) is 1. The van der Waals surface area contributed by atoms with E-state index >= 15 is 0 Å². The molecule has 3 aromatic carbocycles. The second-order valence-electron chi connectivity index (χ2n) is 6.80. The number of benzene rings is 3. The number of rotatable bonds is 7. The van der Waals surface area contributed by atoms with Crippen molar-refractivity contribution in [2.24, 2.45) is 0 Å². The van der Waals surface area contributed by atoms with Crippen LogP contribution in [0.25, 0.3) is 22.2 Å². The summed E-state index contributed by atoms with van der Waals surface area (Å²) in [6.07, 6.45) is 0. The molecule has 0 spiro atoms. The van der Waals surface area contributed by atoms with Crippen molar-refractivity contribution in [1.82, 2.24) is 10.3 Å². The molecule has 0 aliphatic carbocycles. The molecule has 0 aliphatic heterocycles. The third kappa shape index (κ3) is 4.58. The van der Waals surface area contributed by atoms with E-state index in [1.54, 1.807) is 7.11 Å². The second kappa shape index (κ2) is 9.09. The van der Waals surface area contributed by atoms with E-state index in [9.17, 15) is 4.79 Å². The minimum atomic E-state index is -0.187. The molecular formula is C25H22N2O3. The molecule has 1 aromatic heterocycles. The molecule has 0 atom stereocenters. The summed E-state index contributed by atoms with van der Waals surface area (Å²) in [7, 11) is 1.63. The monoisotopic (exact) mass is 398 g/mol. The van der Waals surface area contributed by atoms with Crippen LogP contribution in [0.15, 0.2) is 84.9 Å². The predicted molar refractivity (Wildman–Crippen MR) is 118 cm³/mol. The Kier molecular flexibility index (Phi) is 5.90. The Morgan fingerprint density at radius 3 is 2.43 bits per heavy atom. The number of carbonyl (C=O) groups excluding carboxylic acids is 1. The molecule has 0 radical (unpaired) electrons. The number of aromatic nitrogens is 1. The van der Waals surface area contributed by atoms with Crippen molar-refractivity contribution in [2.75, 3.05) is 13.7 Å². The second-order valence-corrected chi connectivity index (χ2v) is 6.80. The summed E-state index contributed by atoms with van der Waals surface area (Å²) in [6.45, 7) is 0.358. The summed E-state index contributed by atoms with van der Waals surface area (Å²) in [6, 6.07) is 27.1. The van der Waals surface area contributed by atoms with E-state index in [1.807, 2.05) is 84.9 Å². The minimum absolute atomic E-state index is 0.0710. The summed E-state index contributed by atoms with van der Waals surface area (Å²) in [5, 5.41) is 3.76. The van der Waals surface area contributed by atoms with Gasteiger partial charge in [0.1, 0.15) is 11.5 Å². The number of fused-ring (bicyclic) bond motifs is 1. The van der Waals surface area contributed by atoms with Gasteiger partial charge in [-0.05, 0) is 29.8 Å². The molecule has 4 rings (SSSR count). The highest BCUT2D eigenvalue weighted by Crippen LogP contribution is 2.29. The zero-order valence-corrected chi connectivity index (χ0v) is 16.7. The molecule has 1 heterocycles. The van der Waals surface area contributed by atoms with Crippen LogP contribution in [0.1, 0.15) is 5.56 Å². The molecule has 150 valence electrons. The molecule has 4 aromatic rings. The highest BCUT2D eigenvalue weighted by molar-refractivity contribution is 5.88. The largest absolute Gasteiger partial charge is 0.497 e. The van der Waals surface area contributed by atoms with Gasteiger partial charge in [0.25, 0.3) is 5.91 Å². The van der Waals surface area contributed by atoms with Crippen LogP contribution in [0.5, 0.6) is 11.5 Å². The standard InChI is InChI=1S/C25H22N2O3/c1-29-20-13-11-18(12-14-20)16-26-25(28)17-30-24-15-23(19-7-3-2-4-8-19)27-22-10-6-5-9-21(22)24/h2-15H,16-17H2,1H3,(H,26,28). The molecule has 1 amide bonds. The number of pyridine rings is 1. The SMILES string of the molecule is COc1ccc(CNC(=O)COc2cc(-c3ccccc3)nc3ccccc23)cc1. The first kappa shape index (κ1) is 19.5. The van der Waals surface area contributed by atoms with Gasteiger partial charge in [0.05, 0.1) is 18.3 Å². The molecule has 0 saturated heterocycles. The number of amides is 1. The molecule has 5 nitrogen and oxygen atoms in total. The lowest BCUT2D eigenvalue weighted by molar-refractivity contribution is -0.123. The molecule has 0 bridgehead atoms. The first-order valence-electron chi connectivity index (χ1n) is 9.70. The van der Waals surface area contributed by atoms with Crippen LogP contribution in [0.3, 0.4) is 0 Å². The topological polar surface area (TPSA) is 60.5 Å². The lowest BCUT2D eigenvalue weighted by Gasteiger charge is -2.12. The number of hydrogen-bond acceptors (Lipinski definition) is 4. The number of methoxy groups -OCH3 is 1. The van der Waals surface area contributed by atoms with Gasteiger partial charge in [0.15, 0.2) is 6.61 Å². The summed E-state index contributed by atoms with van der Waals surface area (Å²) in [5.41, 5.74) is 3.62. The van der Waals surface area contributed by atoms with Gasteiger partial charge in [-0.2, -0.15) is 0 Å². The van der Waals surface area contributed by atoms with Crippen molar-refractivity contribution in [1.29, 1.82) is 0 Å². The summed E-state index contributed by atoms with van der Waals surface area (Å²) in [5.74, 6) is 1.24. The third-order valence-electron chi connectivity index (χ3n) is 4.76. The van der Waals surface area contributed by atoms with Gasteiger partial charge in [-0.25, -0.2) is 4.98 Å². The average Bonchev–Trinajstić information content (AvgIpc) is 2.82. The van der Waals surface area contributed by atoms with E-state index in [0.29, 0.717) is 12.3 Å². The van der Waals surface area contributed by atoms with Gasteiger partial charge in [-0.3, -0.25) is 4.79 Å². The van der Waals surface area contributed by atoms with E-state index in [-0.39, 0.29) is 12.5 Å². The van der Waals surface area contributed by atoms with Crippen molar-refractivity contribution in [3.05, 3.63) is 90.5 Å². The number of nitrogens with zero attached hydrogens (tertiary/aromatic N) is 1. The Bertz CT molecular complexity index is 1140. The van der Waals surface area contributed by atoms with Crippen LogP contribution in [0, 0.1) is 0 Å². The fourth-order valence-electron chi connectivity index (χ4n) is 3.16. The first-order valence-corrected chi connectivity index (χ1v) is 9.70. The maximum absolute atomic E-state index is 12.3. The van der Waals surface area contributed by atoms with E-state index < -0.39 is 0 Å². The maximum atomic E-state index is 12.3. The third-order valence-corrected chi connectivity index (χ3v) is 4.76. The molecule has 1 N–H and O–H groups in total. The molecule has 30 heavy (non-hydrogen) atoms. The van der Waals surface area contributed by atoms with Gasteiger partial charge in [0.2, 0.25) is 0 Å². The smallest absolute Gasteiger partial charge is 0.258 e. The first-order chi connectivity index (χ1) is 14.7. The van der Waals surface area contributed by atoms with Gasteiger partial charge in [-0.1, -0.05) is 54.6 Å². The Balaban J connectivity index is 1.46. The van der Waals surface area contributed by atoms with Crippen molar-refractivity contribution >= 4 is 16.8 Å². The molecule has 0 unspecified atom stereocenters. The van der Waals surface area contributed by atoms with E-state index in [4.69, 9.17) is 14.5 Å². The van der Waals surface area contributed by atoms with Gasteiger partial charge < -0.3 is 14.8 Å². The normalized spacial score (nSPS) is 10.6. The molecule has 0 saturated carbocycles. The van der Waals surface area contributed by atoms with Crippen molar-refractivity contribution in [2.45, 2.75) is 6.54 Å². The summed E-state index contributed by atoms with van der Waals surface area (Å²) in [4.78, 5) is 17.1. The van der Waals surface area contributed by atoms with Crippen LogP contribution < -0.4 is 14.8 Å². The number of hydrogen-bond donors (Lipinski definition) is 1. The van der Waals surface area contributed by atoms with Crippen LogP contribution in [-0.4, -0.2) is 24.6 Å². The minimum Gasteiger partial charge on any atom is -0.497 e. The van der Waals surface area contributed by atoms with Crippen molar-refractivity contribution in [3.63, 3.8) is 0 Å². The molecular weight excluding hydrogens is 376 g/mol. The Labute approximate surface area is 175 Å². The lowest BCUT2D eigenvalue weighted by atomic mass is 10.1. The Hall–Kier alpha value is -3.86. The molecule has 0 fully saturated rings. The van der Waals surface area contributed by atoms with Crippen molar-refractivity contribution in [3.8, 4) is 22.8 Å².